The highest BCUT2D eigenvalue weighted by atomic mass is 16.2. The molecule has 1 heterocycles. The van der Waals surface area contributed by atoms with E-state index in [0.29, 0.717) is 32.6 Å². The molecule has 1 fully saturated rings. The second kappa shape index (κ2) is 10.9. The van der Waals surface area contributed by atoms with E-state index in [-0.39, 0.29) is 30.6 Å². The summed E-state index contributed by atoms with van der Waals surface area (Å²) >= 11 is 0. The Kier molecular flexibility index (Phi) is 8.03. The molecular formula is C26H33N3O3. The van der Waals surface area contributed by atoms with Crippen molar-refractivity contribution in [3.63, 3.8) is 0 Å². The van der Waals surface area contributed by atoms with Crippen molar-refractivity contribution in [1.29, 1.82) is 0 Å². The van der Waals surface area contributed by atoms with Gasteiger partial charge in [-0.1, -0.05) is 61.0 Å². The summed E-state index contributed by atoms with van der Waals surface area (Å²) in [4.78, 5) is 40.5. The van der Waals surface area contributed by atoms with Gasteiger partial charge in [-0.25, -0.2) is 0 Å². The normalized spacial score (nSPS) is 16.7. The van der Waals surface area contributed by atoms with Crippen molar-refractivity contribution >= 4 is 17.7 Å². The van der Waals surface area contributed by atoms with Gasteiger partial charge in [0, 0.05) is 39.0 Å². The summed E-state index contributed by atoms with van der Waals surface area (Å²) < 4.78 is 0. The van der Waals surface area contributed by atoms with Crippen LogP contribution in [0.2, 0.25) is 0 Å². The van der Waals surface area contributed by atoms with Crippen LogP contribution in [0, 0.1) is 12.8 Å². The van der Waals surface area contributed by atoms with Gasteiger partial charge in [-0.2, -0.15) is 0 Å². The van der Waals surface area contributed by atoms with Gasteiger partial charge >= 0.3 is 0 Å². The van der Waals surface area contributed by atoms with Crippen LogP contribution >= 0.6 is 0 Å². The number of hydrogen-bond donors (Lipinski definition) is 1. The summed E-state index contributed by atoms with van der Waals surface area (Å²) in [6.45, 7) is 6.20. The van der Waals surface area contributed by atoms with Gasteiger partial charge in [-0.15, -0.1) is 0 Å². The van der Waals surface area contributed by atoms with Crippen LogP contribution in [0.4, 0.5) is 0 Å². The van der Waals surface area contributed by atoms with Gasteiger partial charge in [0.05, 0.1) is 5.92 Å². The predicted octanol–water partition coefficient (Wildman–Crippen LogP) is 3.17. The Hall–Kier alpha value is -3.15. The van der Waals surface area contributed by atoms with Gasteiger partial charge in [0.2, 0.25) is 17.7 Å². The molecule has 1 aliphatic heterocycles. The lowest BCUT2D eigenvalue weighted by molar-refractivity contribution is -0.135. The molecule has 170 valence electrons. The molecule has 0 radical (unpaired) electrons. The van der Waals surface area contributed by atoms with Crippen LogP contribution in [0.25, 0.3) is 11.1 Å². The average molecular weight is 436 g/mol. The van der Waals surface area contributed by atoms with Gasteiger partial charge in [-0.3, -0.25) is 14.4 Å². The van der Waals surface area contributed by atoms with E-state index in [1.54, 1.807) is 4.90 Å². The molecule has 0 unspecified atom stereocenters. The van der Waals surface area contributed by atoms with Crippen LogP contribution in [0.1, 0.15) is 37.3 Å². The van der Waals surface area contributed by atoms with Crippen molar-refractivity contribution in [3.8, 4) is 11.1 Å². The molecule has 1 saturated heterocycles. The lowest BCUT2D eigenvalue weighted by atomic mass is 9.95. The third-order valence-electron chi connectivity index (χ3n) is 5.96. The largest absolute Gasteiger partial charge is 0.370 e. The molecular weight excluding hydrogens is 402 g/mol. The minimum absolute atomic E-state index is 0.0348. The zero-order chi connectivity index (χ0) is 23.1. The molecule has 2 N–H and O–H groups in total. The Morgan fingerprint density at radius 1 is 1.03 bits per heavy atom. The van der Waals surface area contributed by atoms with E-state index < -0.39 is 5.91 Å². The zero-order valence-electron chi connectivity index (χ0n) is 19.0. The fourth-order valence-corrected chi connectivity index (χ4v) is 4.25. The van der Waals surface area contributed by atoms with E-state index in [1.165, 1.54) is 11.1 Å². The Morgan fingerprint density at radius 2 is 1.78 bits per heavy atom. The number of aryl methyl sites for hydroxylation is 1. The Bertz CT molecular complexity index is 955. The third kappa shape index (κ3) is 6.19. The topological polar surface area (TPSA) is 83.7 Å². The Morgan fingerprint density at radius 3 is 2.44 bits per heavy atom. The van der Waals surface area contributed by atoms with Crippen LogP contribution in [0.15, 0.2) is 48.5 Å². The minimum Gasteiger partial charge on any atom is -0.370 e. The first-order valence-electron chi connectivity index (χ1n) is 11.4. The van der Waals surface area contributed by atoms with Crippen molar-refractivity contribution in [3.05, 3.63) is 59.7 Å². The summed E-state index contributed by atoms with van der Waals surface area (Å²) in [5.41, 5.74) is 9.80. The number of hydrogen-bond acceptors (Lipinski definition) is 3. The van der Waals surface area contributed by atoms with Crippen LogP contribution in [0.5, 0.6) is 0 Å². The lowest BCUT2D eigenvalue weighted by Crippen LogP contribution is -2.38. The van der Waals surface area contributed by atoms with E-state index >= 15 is 0 Å². The van der Waals surface area contributed by atoms with Crippen LogP contribution in [-0.4, -0.2) is 53.7 Å². The molecule has 32 heavy (non-hydrogen) atoms. The van der Waals surface area contributed by atoms with Gasteiger partial charge in [-0.05, 0) is 36.5 Å². The highest BCUT2D eigenvalue weighted by Gasteiger charge is 2.31. The summed E-state index contributed by atoms with van der Waals surface area (Å²) in [5.74, 6) is -0.803. The first kappa shape index (κ1) is 23.5. The zero-order valence-corrected chi connectivity index (χ0v) is 19.0. The SMILES string of the molecule is CCCN1CCN(C(=O)CCC(N)=O)C[C@@H](Cc2ccc(-c3cccc(C)c3)cc2)C1=O. The van der Waals surface area contributed by atoms with Crippen molar-refractivity contribution < 1.29 is 14.4 Å². The van der Waals surface area contributed by atoms with Gasteiger partial charge in [0.15, 0.2) is 0 Å². The summed E-state index contributed by atoms with van der Waals surface area (Å²) in [6.07, 6.45) is 1.58. The fraction of sp³-hybridized carbons (Fsp3) is 0.423. The number of benzene rings is 2. The second-order valence-corrected chi connectivity index (χ2v) is 8.60. The lowest BCUT2D eigenvalue weighted by Gasteiger charge is -2.24. The van der Waals surface area contributed by atoms with Crippen LogP contribution in [-0.2, 0) is 20.8 Å². The van der Waals surface area contributed by atoms with E-state index in [0.717, 1.165) is 17.5 Å². The molecule has 3 amide bonds. The Labute approximate surface area is 190 Å². The number of primary amides is 1. The highest BCUT2D eigenvalue weighted by Crippen LogP contribution is 2.23. The van der Waals surface area contributed by atoms with Gasteiger partial charge in [0.1, 0.15) is 0 Å². The summed E-state index contributed by atoms with van der Waals surface area (Å²) in [6, 6.07) is 16.7. The molecule has 6 heteroatoms. The predicted molar refractivity (Wildman–Crippen MR) is 126 cm³/mol. The van der Waals surface area contributed by atoms with E-state index in [4.69, 9.17) is 5.73 Å². The van der Waals surface area contributed by atoms with Crippen molar-refractivity contribution in [2.45, 2.75) is 39.5 Å². The first-order valence-corrected chi connectivity index (χ1v) is 11.4. The molecule has 1 aliphatic rings. The molecule has 1 atom stereocenters. The third-order valence-corrected chi connectivity index (χ3v) is 5.96. The standard InChI is InChI=1S/C26H33N3O3/c1-3-13-28-14-15-29(25(31)12-11-24(27)30)18-23(26(28)32)17-20-7-9-21(10-8-20)22-6-4-5-19(2)16-22/h4-10,16,23H,3,11-15,17-18H2,1-2H3,(H2,27,30)/t23-/m1/s1. The van der Waals surface area contributed by atoms with Crippen LogP contribution < -0.4 is 5.73 Å². The second-order valence-electron chi connectivity index (χ2n) is 8.60. The number of carbonyl (C=O) groups is 3. The minimum atomic E-state index is -0.484. The van der Waals surface area contributed by atoms with Crippen molar-refractivity contribution in [2.75, 3.05) is 26.2 Å². The van der Waals surface area contributed by atoms with E-state index in [1.807, 2.05) is 11.8 Å². The molecule has 3 rings (SSSR count). The van der Waals surface area contributed by atoms with Crippen LogP contribution in [0.3, 0.4) is 0 Å². The highest BCUT2D eigenvalue weighted by molar-refractivity contribution is 5.85. The molecule has 2 aromatic carbocycles. The summed E-state index contributed by atoms with van der Waals surface area (Å²) in [7, 11) is 0. The molecule has 0 aromatic heterocycles. The number of nitrogens with zero attached hydrogens (tertiary/aromatic N) is 2. The number of amides is 3. The van der Waals surface area contributed by atoms with E-state index in [2.05, 4.69) is 55.5 Å². The smallest absolute Gasteiger partial charge is 0.227 e. The molecule has 6 nitrogen and oxygen atoms in total. The maximum Gasteiger partial charge on any atom is 0.227 e. The van der Waals surface area contributed by atoms with Gasteiger partial charge < -0.3 is 15.5 Å². The molecule has 2 aromatic rings. The number of carbonyl (C=O) groups excluding carboxylic acids is 3. The quantitative estimate of drug-likeness (QED) is 0.691. The average Bonchev–Trinajstić information content (AvgIpc) is 2.92. The summed E-state index contributed by atoms with van der Waals surface area (Å²) in [5, 5.41) is 0. The van der Waals surface area contributed by atoms with Gasteiger partial charge in [0.25, 0.3) is 0 Å². The maximum absolute atomic E-state index is 13.2. The van der Waals surface area contributed by atoms with Crippen molar-refractivity contribution in [1.82, 2.24) is 9.80 Å². The fourth-order valence-electron chi connectivity index (χ4n) is 4.25. The number of nitrogens with two attached hydrogens (primary N) is 1. The molecule has 0 bridgehead atoms. The molecule has 0 saturated carbocycles. The molecule has 0 spiro atoms. The Balaban J connectivity index is 1.75. The maximum atomic E-state index is 13.2. The number of rotatable bonds is 8. The first-order chi connectivity index (χ1) is 15.4. The molecule has 0 aliphatic carbocycles. The van der Waals surface area contributed by atoms with E-state index in [9.17, 15) is 14.4 Å². The monoisotopic (exact) mass is 435 g/mol. The van der Waals surface area contributed by atoms with Crippen molar-refractivity contribution in [2.24, 2.45) is 11.7 Å².